The Labute approximate surface area is 130 Å². The monoisotopic (exact) mass is 305 g/mol. The van der Waals surface area contributed by atoms with Crippen LogP contribution in [0.3, 0.4) is 0 Å². The van der Waals surface area contributed by atoms with Crippen molar-refractivity contribution in [1.82, 2.24) is 9.55 Å². The highest BCUT2D eigenvalue weighted by Gasteiger charge is 2.25. The van der Waals surface area contributed by atoms with Crippen LogP contribution < -0.4 is 5.73 Å². The number of imidazole rings is 1. The Morgan fingerprint density at radius 2 is 2.18 bits per heavy atom. The Balaban J connectivity index is 2.52. The average Bonchev–Trinajstić information content (AvgIpc) is 2.87. The number of nitrogens with zero attached hydrogens (tertiary/aromatic N) is 2. The average molecular weight is 305 g/mol. The summed E-state index contributed by atoms with van der Waals surface area (Å²) in [6.45, 7) is 4.65. The summed E-state index contributed by atoms with van der Waals surface area (Å²) in [6.07, 6.45) is 1.41. The van der Waals surface area contributed by atoms with Crippen molar-refractivity contribution in [3.8, 4) is 0 Å². The lowest BCUT2D eigenvalue weighted by Gasteiger charge is -2.19. The summed E-state index contributed by atoms with van der Waals surface area (Å²) in [6, 6.07) is 5.14. The molecule has 0 aliphatic heterocycles. The molecular formula is C16H23N3O3. The number of para-hydroxylation sites is 1. The Morgan fingerprint density at radius 3 is 2.82 bits per heavy atom. The van der Waals surface area contributed by atoms with Gasteiger partial charge < -0.3 is 19.8 Å². The fourth-order valence-corrected chi connectivity index (χ4v) is 2.52. The minimum absolute atomic E-state index is 0.247. The zero-order chi connectivity index (χ0) is 16.1. The maximum absolute atomic E-state index is 12.4. The van der Waals surface area contributed by atoms with Crippen molar-refractivity contribution < 1.29 is 14.3 Å². The zero-order valence-electron chi connectivity index (χ0n) is 13.3. The van der Waals surface area contributed by atoms with Crippen LogP contribution in [-0.4, -0.2) is 29.2 Å². The smallest absolute Gasteiger partial charge is 0.329 e. The first-order valence-electron chi connectivity index (χ1n) is 7.54. The molecule has 1 heterocycles. The molecule has 0 aliphatic carbocycles. The van der Waals surface area contributed by atoms with Crippen molar-refractivity contribution in [1.29, 1.82) is 0 Å². The van der Waals surface area contributed by atoms with Gasteiger partial charge in [0.25, 0.3) is 0 Å². The van der Waals surface area contributed by atoms with Crippen LogP contribution in [-0.2, 0) is 20.9 Å². The number of benzene rings is 1. The Morgan fingerprint density at radius 1 is 1.41 bits per heavy atom. The number of methoxy groups -OCH3 is 1. The fourth-order valence-electron chi connectivity index (χ4n) is 2.52. The van der Waals surface area contributed by atoms with Crippen LogP contribution in [0.4, 0.5) is 5.69 Å². The lowest BCUT2D eigenvalue weighted by Crippen LogP contribution is -2.23. The maximum Gasteiger partial charge on any atom is 0.329 e. The van der Waals surface area contributed by atoms with Gasteiger partial charge in [0, 0.05) is 7.11 Å². The highest BCUT2D eigenvalue weighted by atomic mass is 16.5. The van der Waals surface area contributed by atoms with Crippen LogP contribution in [0, 0.1) is 0 Å². The molecule has 0 saturated carbocycles. The quantitative estimate of drug-likeness (QED) is 0.628. The highest BCUT2D eigenvalue weighted by Crippen LogP contribution is 2.28. The minimum atomic E-state index is -0.427. The summed E-state index contributed by atoms with van der Waals surface area (Å²) in [5, 5.41) is 0. The summed E-state index contributed by atoms with van der Waals surface area (Å²) in [7, 11) is 1.60. The number of carbonyl (C=O) groups is 1. The van der Waals surface area contributed by atoms with Crippen LogP contribution in [0.5, 0.6) is 0 Å². The number of nitrogen functional groups attached to an aromatic ring is 1. The maximum atomic E-state index is 12.4. The molecule has 2 rings (SSSR count). The lowest BCUT2D eigenvalue weighted by atomic mass is 10.2. The Hall–Kier alpha value is -2.08. The van der Waals surface area contributed by atoms with Gasteiger partial charge in [0.1, 0.15) is 24.0 Å². The molecule has 1 aromatic carbocycles. The second-order valence-corrected chi connectivity index (χ2v) is 5.14. The number of ether oxygens (including phenoxy) is 2. The molecule has 0 saturated heterocycles. The van der Waals surface area contributed by atoms with E-state index in [-0.39, 0.29) is 5.97 Å². The standard InChI is InChI=1S/C16H23N3O3/c1-4-9-22-16(20)12(5-2)19-13-8-6-7-11(17)15(13)18-14(19)10-21-3/h6-8,12H,4-5,9-10,17H2,1-3H3. The number of rotatable bonds is 7. The van der Waals surface area contributed by atoms with E-state index in [1.165, 1.54) is 0 Å². The second-order valence-electron chi connectivity index (χ2n) is 5.14. The fraction of sp³-hybridized carbons (Fsp3) is 0.500. The summed E-state index contributed by atoms with van der Waals surface area (Å²) in [4.78, 5) is 16.9. The van der Waals surface area contributed by atoms with Gasteiger partial charge in [-0.25, -0.2) is 9.78 Å². The van der Waals surface area contributed by atoms with E-state index in [4.69, 9.17) is 15.2 Å². The molecule has 1 unspecified atom stereocenters. The van der Waals surface area contributed by atoms with Gasteiger partial charge in [0.15, 0.2) is 0 Å². The van der Waals surface area contributed by atoms with Gasteiger partial charge in [-0.3, -0.25) is 0 Å². The van der Waals surface area contributed by atoms with E-state index in [0.29, 0.717) is 36.7 Å². The van der Waals surface area contributed by atoms with Gasteiger partial charge in [-0.2, -0.15) is 0 Å². The van der Waals surface area contributed by atoms with Crippen LogP contribution in [0.25, 0.3) is 11.0 Å². The predicted molar refractivity (Wildman–Crippen MR) is 85.4 cm³/mol. The van der Waals surface area contributed by atoms with Crippen molar-refractivity contribution in [2.24, 2.45) is 0 Å². The molecule has 2 aromatic rings. The number of esters is 1. The molecule has 0 aliphatic rings. The molecule has 0 radical (unpaired) electrons. The molecule has 6 nitrogen and oxygen atoms in total. The third-order valence-corrected chi connectivity index (χ3v) is 3.52. The van der Waals surface area contributed by atoms with E-state index in [1.54, 1.807) is 13.2 Å². The molecule has 0 amide bonds. The van der Waals surface area contributed by atoms with E-state index in [9.17, 15) is 4.79 Å². The predicted octanol–water partition coefficient (Wildman–Crippen LogP) is 2.67. The molecule has 0 bridgehead atoms. The second kappa shape index (κ2) is 7.26. The molecule has 0 spiro atoms. The lowest BCUT2D eigenvalue weighted by molar-refractivity contribution is -0.147. The van der Waals surface area contributed by atoms with Gasteiger partial charge in [-0.05, 0) is 25.0 Å². The molecule has 0 fully saturated rings. The molecular weight excluding hydrogens is 282 g/mol. The molecule has 1 aromatic heterocycles. The molecule has 1 atom stereocenters. The van der Waals surface area contributed by atoms with Crippen LogP contribution in [0.1, 0.15) is 38.6 Å². The minimum Gasteiger partial charge on any atom is -0.464 e. The number of nitrogens with two attached hydrogens (primary N) is 1. The normalized spacial score (nSPS) is 12.5. The van der Waals surface area contributed by atoms with E-state index >= 15 is 0 Å². The van der Waals surface area contributed by atoms with Crippen molar-refractivity contribution in [2.45, 2.75) is 39.3 Å². The summed E-state index contributed by atoms with van der Waals surface area (Å²) >= 11 is 0. The first kappa shape index (κ1) is 16.3. The largest absolute Gasteiger partial charge is 0.464 e. The molecule has 22 heavy (non-hydrogen) atoms. The van der Waals surface area contributed by atoms with E-state index in [0.717, 1.165) is 11.9 Å². The van der Waals surface area contributed by atoms with Crippen molar-refractivity contribution >= 4 is 22.7 Å². The SMILES string of the molecule is CCCOC(=O)C(CC)n1c(COC)nc2c(N)cccc21. The van der Waals surface area contributed by atoms with Crippen molar-refractivity contribution in [3.63, 3.8) is 0 Å². The third kappa shape index (κ3) is 3.06. The summed E-state index contributed by atoms with van der Waals surface area (Å²) in [5.41, 5.74) is 8.11. The summed E-state index contributed by atoms with van der Waals surface area (Å²) in [5.74, 6) is 0.430. The highest BCUT2D eigenvalue weighted by molar-refractivity contribution is 5.89. The van der Waals surface area contributed by atoms with Gasteiger partial charge in [-0.15, -0.1) is 0 Å². The Bertz CT molecular complexity index is 651. The molecule has 120 valence electrons. The number of hydrogen-bond donors (Lipinski definition) is 1. The third-order valence-electron chi connectivity index (χ3n) is 3.52. The number of carbonyl (C=O) groups excluding carboxylic acids is 1. The first-order valence-corrected chi connectivity index (χ1v) is 7.54. The molecule has 6 heteroatoms. The van der Waals surface area contributed by atoms with E-state index < -0.39 is 6.04 Å². The number of anilines is 1. The number of fused-ring (bicyclic) bond motifs is 1. The molecule has 2 N–H and O–H groups in total. The van der Waals surface area contributed by atoms with Gasteiger partial charge in [-0.1, -0.05) is 19.9 Å². The number of aromatic nitrogens is 2. The Kier molecular flexibility index (Phi) is 5.38. The van der Waals surface area contributed by atoms with Crippen molar-refractivity contribution in [2.75, 3.05) is 19.5 Å². The van der Waals surface area contributed by atoms with Crippen LogP contribution >= 0.6 is 0 Å². The van der Waals surface area contributed by atoms with Crippen LogP contribution in [0.2, 0.25) is 0 Å². The number of hydrogen-bond acceptors (Lipinski definition) is 5. The van der Waals surface area contributed by atoms with Gasteiger partial charge in [0.2, 0.25) is 0 Å². The van der Waals surface area contributed by atoms with Crippen LogP contribution in [0.15, 0.2) is 18.2 Å². The zero-order valence-corrected chi connectivity index (χ0v) is 13.3. The summed E-state index contributed by atoms with van der Waals surface area (Å²) < 4.78 is 12.4. The van der Waals surface area contributed by atoms with E-state index in [1.807, 2.05) is 30.5 Å². The topological polar surface area (TPSA) is 79.4 Å². The van der Waals surface area contributed by atoms with E-state index in [2.05, 4.69) is 4.98 Å². The van der Waals surface area contributed by atoms with Gasteiger partial charge >= 0.3 is 5.97 Å². The van der Waals surface area contributed by atoms with Crippen molar-refractivity contribution in [3.05, 3.63) is 24.0 Å². The first-order chi connectivity index (χ1) is 10.6. The van der Waals surface area contributed by atoms with Gasteiger partial charge in [0.05, 0.1) is 17.8 Å².